The summed E-state index contributed by atoms with van der Waals surface area (Å²) in [6.07, 6.45) is 2.41. The third kappa shape index (κ3) is 11.7. The van der Waals surface area contributed by atoms with Crippen LogP contribution < -0.4 is 10.6 Å². The van der Waals surface area contributed by atoms with Gasteiger partial charge in [-0.2, -0.15) is 0 Å². The number of benzene rings is 4. The minimum Gasteiger partial charge on any atom is -0.357 e. The maximum absolute atomic E-state index is 13.5. The van der Waals surface area contributed by atoms with Crippen LogP contribution in [0, 0.1) is 23.7 Å². The van der Waals surface area contributed by atoms with Crippen LogP contribution in [-0.2, 0) is 19.4 Å². The Morgan fingerprint density at radius 2 is 0.825 bits per heavy atom. The molecule has 300 valence electrons. The van der Waals surface area contributed by atoms with Gasteiger partial charge < -0.3 is 20.4 Å². The molecule has 0 aliphatic carbocycles. The fourth-order valence-electron chi connectivity index (χ4n) is 7.74. The number of sulfone groups is 1. The van der Waals surface area contributed by atoms with Gasteiger partial charge in [0.2, 0.25) is 21.7 Å². The molecule has 0 radical (unpaired) electrons. The summed E-state index contributed by atoms with van der Waals surface area (Å²) in [5.41, 5.74) is 4.88. The summed E-state index contributed by atoms with van der Waals surface area (Å²) in [6.45, 7) is 12.7. The van der Waals surface area contributed by atoms with Crippen molar-refractivity contribution >= 4 is 89.6 Å². The zero-order valence-electron chi connectivity index (χ0n) is 32.8. The molecule has 4 aromatic rings. The van der Waals surface area contributed by atoms with Gasteiger partial charge in [-0.05, 0) is 107 Å². The zero-order valence-corrected chi connectivity index (χ0v) is 36.9. The SMILES string of the molecule is C[C@@H]1C[C@H](C)CN(C(=S)SCC(=O)Nc2ccc(-c3ccc(S(=O)(=O)c4ccc(-c5ccc(NC(=O)CSC(=S)N6C[C@@H](C)C[C@H](C)C6)cc5)cc4)cc3)cc2)C1. The van der Waals surface area contributed by atoms with E-state index in [-0.39, 0.29) is 33.1 Å². The molecule has 2 heterocycles. The molecule has 6 rings (SSSR count). The van der Waals surface area contributed by atoms with Crippen LogP contribution in [0.3, 0.4) is 0 Å². The number of anilines is 2. The number of likely N-dealkylation sites (tertiary alicyclic amines) is 2. The summed E-state index contributed by atoms with van der Waals surface area (Å²) in [5, 5.41) is 5.89. The molecular weight excluding hydrogens is 809 g/mol. The van der Waals surface area contributed by atoms with Gasteiger partial charge in [-0.3, -0.25) is 9.59 Å². The number of carbonyl (C=O) groups is 2. The Morgan fingerprint density at radius 1 is 0.544 bits per heavy atom. The lowest BCUT2D eigenvalue weighted by atomic mass is 9.92. The number of carbonyl (C=O) groups excluding carboxylic acids is 2. The van der Waals surface area contributed by atoms with E-state index in [1.807, 2.05) is 48.5 Å². The van der Waals surface area contributed by atoms with Gasteiger partial charge in [0.1, 0.15) is 8.64 Å². The maximum Gasteiger partial charge on any atom is 0.234 e. The molecule has 8 nitrogen and oxygen atoms in total. The van der Waals surface area contributed by atoms with Crippen molar-refractivity contribution in [1.82, 2.24) is 9.80 Å². The molecule has 0 aromatic heterocycles. The lowest BCUT2D eigenvalue weighted by Crippen LogP contribution is -2.41. The third-order valence-electron chi connectivity index (χ3n) is 10.2. The van der Waals surface area contributed by atoms with Gasteiger partial charge in [-0.15, -0.1) is 0 Å². The van der Waals surface area contributed by atoms with Crippen molar-refractivity contribution in [2.75, 3.05) is 48.3 Å². The Bertz CT molecular complexity index is 1990. The fourth-order valence-corrected chi connectivity index (χ4v) is 11.0. The van der Waals surface area contributed by atoms with Crippen LogP contribution in [0.4, 0.5) is 11.4 Å². The highest BCUT2D eigenvalue weighted by atomic mass is 32.2. The number of piperidine rings is 2. The highest BCUT2D eigenvalue weighted by Crippen LogP contribution is 2.30. The number of thiocarbonyl (C=S) groups is 2. The Morgan fingerprint density at radius 3 is 1.12 bits per heavy atom. The molecule has 4 atom stereocenters. The lowest BCUT2D eigenvalue weighted by molar-refractivity contribution is -0.114. The van der Waals surface area contributed by atoms with Crippen molar-refractivity contribution in [1.29, 1.82) is 0 Å². The van der Waals surface area contributed by atoms with E-state index in [0.29, 0.717) is 35.0 Å². The summed E-state index contributed by atoms with van der Waals surface area (Å²) in [5.74, 6) is 2.65. The predicted octanol–water partition coefficient (Wildman–Crippen LogP) is 9.72. The number of hydrogen-bond acceptors (Lipinski definition) is 8. The number of amides is 2. The van der Waals surface area contributed by atoms with Gasteiger partial charge in [0.25, 0.3) is 0 Å². The Labute approximate surface area is 356 Å². The minimum absolute atomic E-state index is 0.113. The summed E-state index contributed by atoms with van der Waals surface area (Å²) < 4.78 is 28.6. The van der Waals surface area contributed by atoms with Gasteiger partial charge in [0, 0.05) is 37.6 Å². The van der Waals surface area contributed by atoms with Crippen molar-refractivity contribution in [2.24, 2.45) is 23.7 Å². The number of nitrogens with zero attached hydrogens (tertiary/aromatic N) is 2. The molecule has 2 fully saturated rings. The molecule has 4 aromatic carbocycles. The van der Waals surface area contributed by atoms with E-state index in [2.05, 4.69) is 48.1 Å². The van der Waals surface area contributed by atoms with E-state index < -0.39 is 9.84 Å². The first-order valence-corrected chi connectivity index (χ1v) is 23.6. The van der Waals surface area contributed by atoms with Crippen LogP contribution in [0.1, 0.15) is 40.5 Å². The highest BCUT2D eigenvalue weighted by Gasteiger charge is 2.25. The van der Waals surface area contributed by atoms with Gasteiger partial charge in [0.05, 0.1) is 21.3 Å². The zero-order chi connectivity index (χ0) is 40.7. The molecule has 2 aliphatic rings. The quantitative estimate of drug-likeness (QED) is 0.150. The number of hydrogen-bond donors (Lipinski definition) is 2. The van der Waals surface area contributed by atoms with Gasteiger partial charge >= 0.3 is 0 Å². The smallest absolute Gasteiger partial charge is 0.234 e. The number of nitrogens with one attached hydrogen (secondary N) is 2. The molecule has 2 N–H and O–H groups in total. The van der Waals surface area contributed by atoms with Crippen LogP contribution >= 0.6 is 48.0 Å². The summed E-state index contributed by atoms with van der Waals surface area (Å²) in [6, 6.07) is 28.6. The first-order chi connectivity index (χ1) is 27.2. The average Bonchev–Trinajstić information content (AvgIpc) is 3.19. The fraction of sp³-hybridized carbons (Fsp3) is 0.364. The molecule has 57 heavy (non-hydrogen) atoms. The van der Waals surface area contributed by atoms with E-state index in [1.165, 1.54) is 36.4 Å². The highest BCUT2D eigenvalue weighted by molar-refractivity contribution is 8.23. The molecule has 0 spiro atoms. The first kappa shape index (κ1) is 42.8. The topological polar surface area (TPSA) is 98.8 Å². The van der Waals surface area contributed by atoms with E-state index in [1.54, 1.807) is 48.5 Å². The second-order valence-corrected chi connectivity index (χ2v) is 20.8. The van der Waals surface area contributed by atoms with Crippen LogP contribution in [0.25, 0.3) is 22.3 Å². The standard InChI is InChI=1S/C44H50N4O4S5/c1-29-21-30(2)24-47(23-29)43(53)55-27-41(49)45-37-13-5-33(6-14-37)35-9-17-39(18-10-35)57(51,52)40-19-11-36(12-20-40)34-7-15-38(16-8-34)46-42(50)28-56-44(54)48-25-31(3)22-32(4)26-48/h5-20,29-32H,21-28H2,1-4H3,(H,45,49)(H,46,50)/t29-,30-,31-,32+/m0/s1. The van der Waals surface area contributed by atoms with E-state index >= 15 is 0 Å². The molecule has 13 heteroatoms. The molecular formula is C44H50N4O4S5. The van der Waals surface area contributed by atoms with E-state index in [9.17, 15) is 18.0 Å². The van der Waals surface area contributed by atoms with E-state index in [4.69, 9.17) is 24.4 Å². The molecule has 2 aliphatic heterocycles. The molecule has 0 bridgehead atoms. The van der Waals surface area contributed by atoms with Crippen LogP contribution in [0.15, 0.2) is 107 Å². The largest absolute Gasteiger partial charge is 0.357 e. The second-order valence-electron chi connectivity index (χ2n) is 15.6. The van der Waals surface area contributed by atoms with Crippen LogP contribution in [0.5, 0.6) is 0 Å². The van der Waals surface area contributed by atoms with Crippen molar-refractivity contribution in [3.05, 3.63) is 97.1 Å². The monoisotopic (exact) mass is 858 g/mol. The predicted molar refractivity (Wildman–Crippen MR) is 246 cm³/mol. The molecule has 2 saturated heterocycles. The first-order valence-electron chi connectivity index (χ1n) is 19.3. The number of thioether (sulfide) groups is 2. The molecule has 0 unspecified atom stereocenters. The summed E-state index contributed by atoms with van der Waals surface area (Å²) in [7, 11) is -3.75. The van der Waals surface area contributed by atoms with Crippen molar-refractivity contribution in [3.63, 3.8) is 0 Å². The van der Waals surface area contributed by atoms with Crippen molar-refractivity contribution in [2.45, 2.75) is 50.3 Å². The van der Waals surface area contributed by atoms with Crippen LogP contribution in [0.2, 0.25) is 0 Å². The Kier molecular flexibility index (Phi) is 14.5. The van der Waals surface area contributed by atoms with Gasteiger partial charge in [-0.25, -0.2) is 8.42 Å². The normalized spacial score (nSPS) is 19.8. The van der Waals surface area contributed by atoms with Crippen molar-refractivity contribution < 1.29 is 18.0 Å². The average molecular weight is 859 g/mol. The van der Waals surface area contributed by atoms with Crippen molar-refractivity contribution in [3.8, 4) is 22.3 Å². The van der Waals surface area contributed by atoms with Crippen LogP contribution in [-0.4, -0.2) is 76.4 Å². The third-order valence-corrected chi connectivity index (χ3v) is 15.1. The van der Waals surface area contributed by atoms with Gasteiger partial charge in [-0.1, -0.05) is 124 Å². The van der Waals surface area contributed by atoms with Gasteiger partial charge in [0.15, 0.2) is 0 Å². The number of rotatable bonds is 10. The maximum atomic E-state index is 13.5. The van der Waals surface area contributed by atoms with E-state index in [0.717, 1.165) is 57.1 Å². The lowest BCUT2D eigenvalue weighted by Gasteiger charge is -2.36. The molecule has 2 amide bonds. The Hall–Kier alpha value is -3.75. The summed E-state index contributed by atoms with van der Waals surface area (Å²) in [4.78, 5) is 30.2. The second kappa shape index (κ2) is 19.3. The molecule has 0 saturated carbocycles. The summed E-state index contributed by atoms with van der Waals surface area (Å²) >= 11 is 14.0. The minimum atomic E-state index is -3.75. The Balaban J connectivity index is 0.979.